The lowest BCUT2D eigenvalue weighted by molar-refractivity contribution is -0.132. The zero-order valence-electron chi connectivity index (χ0n) is 19.8. The SMILES string of the molecule is CC[C@@H](Nc1ncnc2c1nc(-c1cnc(C)nc1)n2CC)C(=O)N1CCC[C@@H](OC)CC1. The number of carbonyl (C=O) groups is 1. The number of methoxy groups -OCH3 is 1. The van der Waals surface area contributed by atoms with Crippen molar-refractivity contribution in [2.75, 3.05) is 25.5 Å². The topological polar surface area (TPSA) is 111 Å². The molecule has 10 heteroatoms. The van der Waals surface area contributed by atoms with Crippen molar-refractivity contribution >= 4 is 22.9 Å². The smallest absolute Gasteiger partial charge is 0.245 e. The first-order valence-electron chi connectivity index (χ1n) is 11.6. The molecule has 3 aromatic rings. The number of imidazole rings is 1. The summed E-state index contributed by atoms with van der Waals surface area (Å²) < 4.78 is 7.52. The third kappa shape index (κ3) is 4.80. The number of hydrogen-bond donors (Lipinski definition) is 1. The molecular weight excluding hydrogens is 420 g/mol. The van der Waals surface area contributed by atoms with Crippen LogP contribution in [0.1, 0.15) is 45.4 Å². The summed E-state index contributed by atoms with van der Waals surface area (Å²) in [6.07, 6.45) is 8.70. The molecule has 0 saturated carbocycles. The highest BCUT2D eigenvalue weighted by Gasteiger charge is 2.27. The molecule has 2 atom stereocenters. The summed E-state index contributed by atoms with van der Waals surface area (Å²) in [4.78, 5) is 37.6. The van der Waals surface area contributed by atoms with Crippen molar-refractivity contribution in [1.82, 2.24) is 34.4 Å². The molecule has 1 amide bonds. The minimum absolute atomic E-state index is 0.0862. The molecular formula is C23H32N8O2. The summed E-state index contributed by atoms with van der Waals surface area (Å²) in [5.74, 6) is 2.08. The van der Waals surface area contributed by atoms with Crippen LogP contribution in [0, 0.1) is 6.92 Å². The Kier molecular flexibility index (Phi) is 7.12. The van der Waals surface area contributed by atoms with E-state index in [1.54, 1.807) is 19.5 Å². The average Bonchev–Trinajstić information content (AvgIpc) is 3.05. The first-order chi connectivity index (χ1) is 16.0. The van der Waals surface area contributed by atoms with E-state index in [1.807, 2.05) is 30.2 Å². The zero-order valence-corrected chi connectivity index (χ0v) is 19.8. The van der Waals surface area contributed by atoms with Crippen LogP contribution in [0.5, 0.6) is 0 Å². The Balaban J connectivity index is 1.62. The second-order valence-electron chi connectivity index (χ2n) is 8.31. The molecule has 1 aliphatic rings. The van der Waals surface area contributed by atoms with Crippen molar-refractivity contribution in [2.45, 2.75) is 65.1 Å². The summed E-state index contributed by atoms with van der Waals surface area (Å²) in [6.45, 7) is 8.03. The van der Waals surface area contributed by atoms with E-state index in [9.17, 15) is 4.79 Å². The fourth-order valence-electron chi connectivity index (χ4n) is 4.32. The van der Waals surface area contributed by atoms with Gasteiger partial charge in [0.1, 0.15) is 24.0 Å². The molecule has 0 bridgehead atoms. The highest BCUT2D eigenvalue weighted by atomic mass is 16.5. The molecule has 4 heterocycles. The van der Waals surface area contributed by atoms with Crippen molar-refractivity contribution < 1.29 is 9.53 Å². The van der Waals surface area contributed by atoms with Crippen molar-refractivity contribution in [3.63, 3.8) is 0 Å². The number of nitrogens with zero attached hydrogens (tertiary/aromatic N) is 7. The van der Waals surface area contributed by atoms with Crippen LogP contribution < -0.4 is 5.32 Å². The van der Waals surface area contributed by atoms with Crippen LogP contribution in [0.2, 0.25) is 0 Å². The predicted molar refractivity (Wildman–Crippen MR) is 126 cm³/mol. The van der Waals surface area contributed by atoms with Crippen molar-refractivity contribution in [3.8, 4) is 11.4 Å². The summed E-state index contributed by atoms with van der Waals surface area (Å²) >= 11 is 0. The molecule has 0 unspecified atom stereocenters. The third-order valence-corrected chi connectivity index (χ3v) is 6.22. The van der Waals surface area contributed by atoms with Crippen LogP contribution in [0.15, 0.2) is 18.7 Å². The monoisotopic (exact) mass is 452 g/mol. The molecule has 33 heavy (non-hydrogen) atoms. The molecule has 4 rings (SSSR count). The molecule has 0 radical (unpaired) electrons. The van der Waals surface area contributed by atoms with Gasteiger partial charge in [-0.2, -0.15) is 0 Å². The summed E-state index contributed by atoms with van der Waals surface area (Å²) in [5.41, 5.74) is 2.16. The Morgan fingerprint density at radius 1 is 1.18 bits per heavy atom. The van der Waals surface area contributed by atoms with Gasteiger partial charge in [-0.05, 0) is 39.5 Å². The minimum atomic E-state index is -0.389. The number of aryl methyl sites for hydroxylation is 2. The number of aromatic nitrogens is 6. The Labute approximate surface area is 193 Å². The van der Waals surface area contributed by atoms with E-state index >= 15 is 0 Å². The third-order valence-electron chi connectivity index (χ3n) is 6.22. The molecule has 3 aromatic heterocycles. The number of rotatable bonds is 7. The van der Waals surface area contributed by atoms with Gasteiger partial charge in [-0.15, -0.1) is 0 Å². The van der Waals surface area contributed by atoms with Crippen LogP contribution in [0.4, 0.5) is 5.82 Å². The fourth-order valence-corrected chi connectivity index (χ4v) is 4.32. The molecule has 1 fully saturated rings. The van der Waals surface area contributed by atoms with Gasteiger partial charge in [-0.3, -0.25) is 4.79 Å². The molecule has 1 N–H and O–H groups in total. The van der Waals surface area contributed by atoms with Crippen molar-refractivity contribution in [1.29, 1.82) is 0 Å². The number of fused-ring (bicyclic) bond motifs is 1. The molecule has 0 spiro atoms. The van der Waals surface area contributed by atoms with E-state index < -0.39 is 0 Å². The average molecular weight is 453 g/mol. The van der Waals surface area contributed by atoms with Gasteiger partial charge < -0.3 is 19.5 Å². The second-order valence-corrected chi connectivity index (χ2v) is 8.31. The highest BCUT2D eigenvalue weighted by molar-refractivity contribution is 5.90. The number of ether oxygens (including phenoxy) is 1. The Morgan fingerprint density at radius 3 is 2.67 bits per heavy atom. The molecule has 0 aromatic carbocycles. The maximum Gasteiger partial charge on any atom is 0.245 e. The molecule has 1 aliphatic heterocycles. The van der Waals surface area contributed by atoms with Gasteiger partial charge in [0, 0.05) is 39.1 Å². The van der Waals surface area contributed by atoms with Gasteiger partial charge >= 0.3 is 0 Å². The largest absolute Gasteiger partial charge is 0.381 e. The first kappa shape index (κ1) is 23.0. The molecule has 0 aliphatic carbocycles. The van der Waals surface area contributed by atoms with Crippen LogP contribution >= 0.6 is 0 Å². The quantitative estimate of drug-likeness (QED) is 0.583. The number of carbonyl (C=O) groups excluding carboxylic acids is 1. The van der Waals surface area contributed by atoms with Gasteiger partial charge in [0.05, 0.1) is 11.7 Å². The predicted octanol–water partition coefficient (Wildman–Crippen LogP) is 2.83. The van der Waals surface area contributed by atoms with Crippen LogP contribution in [0.25, 0.3) is 22.6 Å². The molecule has 1 saturated heterocycles. The van der Waals surface area contributed by atoms with Crippen molar-refractivity contribution in [2.24, 2.45) is 0 Å². The number of amides is 1. The first-order valence-corrected chi connectivity index (χ1v) is 11.6. The minimum Gasteiger partial charge on any atom is -0.381 e. The number of anilines is 1. The summed E-state index contributed by atoms with van der Waals surface area (Å²) in [6, 6.07) is -0.389. The maximum absolute atomic E-state index is 13.3. The summed E-state index contributed by atoms with van der Waals surface area (Å²) in [7, 11) is 1.74. The Hall–Kier alpha value is -3.14. The van der Waals surface area contributed by atoms with E-state index in [2.05, 4.69) is 25.3 Å². The zero-order chi connectivity index (χ0) is 23.4. The molecule has 10 nitrogen and oxygen atoms in total. The highest BCUT2D eigenvalue weighted by Crippen LogP contribution is 2.27. The fraction of sp³-hybridized carbons (Fsp3) is 0.565. The lowest BCUT2D eigenvalue weighted by Crippen LogP contribution is -2.43. The van der Waals surface area contributed by atoms with Crippen LogP contribution in [-0.4, -0.2) is 72.6 Å². The second kappa shape index (κ2) is 10.2. The van der Waals surface area contributed by atoms with Crippen LogP contribution in [-0.2, 0) is 16.1 Å². The van der Waals surface area contributed by atoms with E-state index in [-0.39, 0.29) is 18.1 Å². The summed E-state index contributed by atoms with van der Waals surface area (Å²) in [5, 5.41) is 3.36. The lowest BCUT2D eigenvalue weighted by Gasteiger charge is -2.26. The van der Waals surface area contributed by atoms with Crippen LogP contribution in [0.3, 0.4) is 0 Å². The Bertz CT molecular complexity index is 1100. The standard InChI is InChI=1S/C23H32N8O2/c1-5-18(23(32)30-10-7-8-17(33-4)9-11-30)28-20-19-22(27-14-26-20)31(6-2)21(29-19)16-12-24-15(3)25-13-16/h12-14,17-18H,5-11H2,1-4H3,(H,26,27,28)/t17-,18-/m1/s1. The van der Waals surface area contributed by atoms with E-state index in [1.165, 1.54) is 6.33 Å². The van der Waals surface area contributed by atoms with Gasteiger partial charge in [0.2, 0.25) is 5.91 Å². The van der Waals surface area contributed by atoms with E-state index in [0.29, 0.717) is 42.3 Å². The van der Waals surface area contributed by atoms with Gasteiger partial charge in [0.25, 0.3) is 0 Å². The number of likely N-dealkylation sites (tertiary alicyclic amines) is 1. The number of nitrogens with one attached hydrogen (secondary N) is 1. The van der Waals surface area contributed by atoms with E-state index in [0.717, 1.165) is 37.2 Å². The Morgan fingerprint density at radius 2 is 1.97 bits per heavy atom. The normalized spacial score (nSPS) is 17.7. The van der Waals surface area contributed by atoms with E-state index in [4.69, 9.17) is 9.72 Å². The maximum atomic E-state index is 13.3. The number of hydrogen-bond acceptors (Lipinski definition) is 8. The molecule has 176 valence electrons. The van der Waals surface area contributed by atoms with Gasteiger partial charge in [-0.1, -0.05) is 6.92 Å². The van der Waals surface area contributed by atoms with Gasteiger partial charge in [-0.25, -0.2) is 24.9 Å². The lowest BCUT2D eigenvalue weighted by atomic mass is 10.2. The van der Waals surface area contributed by atoms with Gasteiger partial charge in [0.15, 0.2) is 17.0 Å². The van der Waals surface area contributed by atoms with Crippen molar-refractivity contribution in [3.05, 3.63) is 24.5 Å².